The first-order valence-electron chi connectivity index (χ1n) is 9.35. The lowest BCUT2D eigenvalue weighted by Crippen LogP contribution is -2.47. The molecule has 2 aromatic rings. The number of carbonyl (C=O) groups excluding carboxylic acids is 1. The van der Waals surface area contributed by atoms with Crippen LogP contribution in [0.25, 0.3) is 10.9 Å². The fourth-order valence-electron chi connectivity index (χ4n) is 4.68. The lowest BCUT2D eigenvalue weighted by Gasteiger charge is -2.31. The number of likely N-dealkylation sites (tertiary alicyclic amines) is 2. The normalized spacial score (nSPS) is 26.8. The van der Waals surface area contributed by atoms with Gasteiger partial charge in [0, 0.05) is 30.6 Å². The highest BCUT2D eigenvalue weighted by Crippen LogP contribution is 2.32. The number of hydrogen-bond donors (Lipinski definition) is 1. The Hall–Kier alpha value is -2.08. The molecule has 2 atom stereocenters. The second-order valence-corrected chi connectivity index (χ2v) is 7.74. The molecule has 2 saturated heterocycles. The molecule has 3 fully saturated rings. The molecule has 5 rings (SSSR count). The fourth-order valence-corrected chi connectivity index (χ4v) is 4.68. The van der Waals surface area contributed by atoms with Crippen molar-refractivity contribution in [3.05, 3.63) is 23.9 Å². The maximum Gasteiger partial charge on any atom is 0.275 e. The number of nitrogens with zero attached hydrogens (tertiary/aromatic N) is 3. The van der Waals surface area contributed by atoms with Crippen LogP contribution in [0, 0.1) is 0 Å². The number of aromatic amines is 1. The lowest BCUT2D eigenvalue weighted by molar-refractivity contribution is 0.0646. The van der Waals surface area contributed by atoms with Crippen molar-refractivity contribution in [1.82, 2.24) is 20.0 Å². The van der Waals surface area contributed by atoms with E-state index in [1.54, 1.807) is 0 Å². The number of ether oxygens (including phenoxy) is 1. The van der Waals surface area contributed by atoms with Crippen molar-refractivity contribution in [3.63, 3.8) is 0 Å². The number of H-pyrrole nitrogens is 1. The highest BCUT2D eigenvalue weighted by molar-refractivity contribution is 6.05. The maximum absolute atomic E-state index is 13.1. The monoisotopic (exact) mass is 340 g/mol. The van der Waals surface area contributed by atoms with Crippen molar-refractivity contribution in [2.45, 2.75) is 50.3 Å². The fraction of sp³-hybridized carbons (Fsp3) is 0.579. The number of carbonyl (C=O) groups is 1. The largest absolute Gasteiger partial charge is 0.490 e. The molecule has 0 spiro atoms. The van der Waals surface area contributed by atoms with Crippen LogP contribution in [0.15, 0.2) is 18.2 Å². The van der Waals surface area contributed by atoms with E-state index in [4.69, 9.17) is 4.74 Å². The molecule has 25 heavy (non-hydrogen) atoms. The van der Waals surface area contributed by atoms with Crippen LogP contribution in [-0.4, -0.2) is 64.2 Å². The van der Waals surface area contributed by atoms with E-state index in [0.717, 1.165) is 49.0 Å². The van der Waals surface area contributed by atoms with Crippen LogP contribution in [-0.2, 0) is 0 Å². The molecule has 3 aliphatic rings. The number of amides is 1. The van der Waals surface area contributed by atoms with Crippen LogP contribution in [0.3, 0.4) is 0 Å². The van der Waals surface area contributed by atoms with Gasteiger partial charge in [-0.25, -0.2) is 0 Å². The van der Waals surface area contributed by atoms with E-state index in [2.05, 4.69) is 22.1 Å². The smallest absolute Gasteiger partial charge is 0.275 e. The maximum atomic E-state index is 13.1. The molecule has 1 saturated carbocycles. The number of benzene rings is 1. The van der Waals surface area contributed by atoms with Gasteiger partial charge in [0.1, 0.15) is 5.75 Å². The Labute approximate surface area is 147 Å². The number of nitrogens with one attached hydrogen (secondary N) is 1. The van der Waals surface area contributed by atoms with Crippen LogP contribution >= 0.6 is 0 Å². The zero-order valence-electron chi connectivity index (χ0n) is 14.6. The standard InChI is InChI=1S/C19H24N4O2/c1-22-10-13-8-12(22)11-23(13)19(24)18-16-9-15(6-7-17(16)20-21-18)25-14-4-2-3-5-14/h6-7,9,12-14H,2-5,8,10-11H2,1H3,(H,20,21). The van der Waals surface area contributed by atoms with E-state index in [-0.39, 0.29) is 5.91 Å². The molecule has 3 heterocycles. The first-order valence-corrected chi connectivity index (χ1v) is 9.35. The van der Waals surface area contributed by atoms with Crippen LogP contribution in [0.5, 0.6) is 5.75 Å². The summed E-state index contributed by atoms with van der Waals surface area (Å²) in [6.45, 7) is 1.78. The van der Waals surface area contributed by atoms with Gasteiger partial charge in [-0.15, -0.1) is 0 Å². The van der Waals surface area contributed by atoms with E-state index in [1.165, 1.54) is 12.8 Å². The summed E-state index contributed by atoms with van der Waals surface area (Å²) in [4.78, 5) is 17.4. The molecule has 132 valence electrons. The van der Waals surface area contributed by atoms with Crippen molar-refractivity contribution in [2.24, 2.45) is 0 Å². The summed E-state index contributed by atoms with van der Waals surface area (Å²) in [5.74, 6) is 0.891. The summed E-state index contributed by atoms with van der Waals surface area (Å²) >= 11 is 0. The molecule has 1 amide bonds. The Bertz CT molecular complexity index is 809. The van der Waals surface area contributed by atoms with E-state index in [1.807, 2.05) is 23.1 Å². The number of fused-ring (bicyclic) bond motifs is 3. The lowest BCUT2D eigenvalue weighted by atomic mass is 10.1. The number of aromatic nitrogens is 2. The summed E-state index contributed by atoms with van der Waals surface area (Å²) in [6.07, 6.45) is 6.14. The zero-order chi connectivity index (χ0) is 17.0. The van der Waals surface area contributed by atoms with Gasteiger partial charge in [0.25, 0.3) is 5.91 Å². The van der Waals surface area contributed by atoms with Crippen molar-refractivity contribution in [3.8, 4) is 5.75 Å². The minimum Gasteiger partial charge on any atom is -0.490 e. The third-order valence-corrected chi connectivity index (χ3v) is 6.12. The molecule has 6 nitrogen and oxygen atoms in total. The molecule has 6 heteroatoms. The molecule has 1 aromatic carbocycles. The van der Waals surface area contributed by atoms with Gasteiger partial charge >= 0.3 is 0 Å². The van der Waals surface area contributed by atoms with Gasteiger partial charge in [-0.2, -0.15) is 5.10 Å². The Morgan fingerprint density at radius 2 is 2.08 bits per heavy atom. The summed E-state index contributed by atoms with van der Waals surface area (Å²) in [7, 11) is 2.14. The Kier molecular flexibility index (Phi) is 3.48. The summed E-state index contributed by atoms with van der Waals surface area (Å²) in [5.41, 5.74) is 1.42. The van der Waals surface area contributed by atoms with Gasteiger partial charge in [0.2, 0.25) is 0 Å². The van der Waals surface area contributed by atoms with Crippen LogP contribution in [0.4, 0.5) is 0 Å². The van der Waals surface area contributed by atoms with Crippen LogP contribution < -0.4 is 4.74 Å². The van der Waals surface area contributed by atoms with E-state index < -0.39 is 0 Å². The predicted octanol–water partition coefficient (Wildman–Crippen LogP) is 2.41. The second kappa shape index (κ2) is 5.73. The summed E-state index contributed by atoms with van der Waals surface area (Å²) in [6, 6.07) is 6.74. The molecular formula is C19H24N4O2. The van der Waals surface area contributed by atoms with Gasteiger partial charge in [-0.3, -0.25) is 14.8 Å². The second-order valence-electron chi connectivity index (χ2n) is 7.74. The number of rotatable bonds is 3. The molecule has 2 aliphatic heterocycles. The van der Waals surface area contributed by atoms with Gasteiger partial charge in [0.15, 0.2) is 5.69 Å². The SMILES string of the molecule is CN1CC2CC1CN2C(=O)c1n[nH]c2ccc(OC3CCCC3)cc12. The first-order chi connectivity index (χ1) is 12.2. The molecule has 1 aromatic heterocycles. The number of hydrogen-bond acceptors (Lipinski definition) is 4. The van der Waals surface area contributed by atoms with Crippen molar-refractivity contribution in [2.75, 3.05) is 20.1 Å². The van der Waals surface area contributed by atoms with E-state index in [0.29, 0.717) is 23.9 Å². The van der Waals surface area contributed by atoms with Crippen LogP contribution in [0.1, 0.15) is 42.6 Å². The molecule has 1 aliphatic carbocycles. The molecule has 2 bridgehead atoms. The minimum atomic E-state index is 0.0462. The molecule has 0 radical (unpaired) electrons. The van der Waals surface area contributed by atoms with Gasteiger partial charge in [-0.1, -0.05) is 0 Å². The van der Waals surface area contributed by atoms with Crippen molar-refractivity contribution in [1.29, 1.82) is 0 Å². The minimum absolute atomic E-state index is 0.0462. The Balaban J connectivity index is 1.42. The third kappa shape index (κ3) is 2.51. The zero-order valence-corrected chi connectivity index (χ0v) is 14.6. The van der Waals surface area contributed by atoms with Gasteiger partial charge in [-0.05, 0) is 57.4 Å². The summed E-state index contributed by atoms with van der Waals surface area (Å²) in [5, 5.41) is 8.20. The first kappa shape index (κ1) is 15.2. The summed E-state index contributed by atoms with van der Waals surface area (Å²) < 4.78 is 6.10. The van der Waals surface area contributed by atoms with Crippen molar-refractivity contribution < 1.29 is 9.53 Å². The quantitative estimate of drug-likeness (QED) is 0.932. The Morgan fingerprint density at radius 3 is 2.80 bits per heavy atom. The highest BCUT2D eigenvalue weighted by atomic mass is 16.5. The van der Waals surface area contributed by atoms with Crippen molar-refractivity contribution >= 4 is 16.8 Å². The third-order valence-electron chi connectivity index (χ3n) is 6.12. The average Bonchev–Trinajstić information content (AvgIpc) is 3.37. The Morgan fingerprint density at radius 1 is 1.24 bits per heavy atom. The number of piperazine rings is 1. The topological polar surface area (TPSA) is 61.5 Å². The van der Waals surface area contributed by atoms with Crippen LogP contribution in [0.2, 0.25) is 0 Å². The van der Waals surface area contributed by atoms with Gasteiger partial charge in [0.05, 0.1) is 11.6 Å². The molecule has 1 N–H and O–H groups in total. The predicted molar refractivity (Wildman–Crippen MR) is 94.8 cm³/mol. The number of likely N-dealkylation sites (N-methyl/N-ethyl adjacent to an activating group) is 1. The molecule has 2 unspecified atom stereocenters. The van der Waals surface area contributed by atoms with E-state index in [9.17, 15) is 4.79 Å². The molecular weight excluding hydrogens is 316 g/mol. The average molecular weight is 340 g/mol. The van der Waals surface area contributed by atoms with E-state index >= 15 is 0 Å². The van der Waals surface area contributed by atoms with Gasteiger partial charge < -0.3 is 9.64 Å². The highest BCUT2D eigenvalue weighted by Gasteiger charge is 2.44.